The number of alkyl halides is 1. The normalized spacial score (nSPS) is 18.7. The van der Waals surface area contributed by atoms with E-state index in [0.29, 0.717) is 12.7 Å². The van der Waals surface area contributed by atoms with Crippen LogP contribution >= 0.6 is 15.9 Å². The molecule has 0 aliphatic heterocycles. The summed E-state index contributed by atoms with van der Waals surface area (Å²) in [7, 11) is 0. The molecule has 0 heterocycles. The van der Waals surface area contributed by atoms with Crippen LogP contribution < -0.4 is 0 Å². The van der Waals surface area contributed by atoms with Crippen molar-refractivity contribution in [3.05, 3.63) is 0 Å². The van der Waals surface area contributed by atoms with Gasteiger partial charge in [0.05, 0.1) is 24.9 Å². The minimum Gasteiger partial charge on any atom is -0.376 e. The maximum Gasteiger partial charge on any atom is 0.0724 e. The molecular formula is C10H19BrO2. The van der Waals surface area contributed by atoms with Gasteiger partial charge in [0.2, 0.25) is 0 Å². The van der Waals surface area contributed by atoms with Gasteiger partial charge in [-0.2, -0.15) is 0 Å². The van der Waals surface area contributed by atoms with E-state index >= 15 is 0 Å². The van der Waals surface area contributed by atoms with Crippen molar-refractivity contribution in [3.8, 4) is 0 Å². The van der Waals surface area contributed by atoms with Crippen molar-refractivity contribution in [2.45, 2.75) is 44.8 Å². The predicted octanol–water partition coefficient (Wildman–Crippen LogP) is 2.75. The first-order valence-corrected chi connectivity index (χ1v) is 6.08. The molecule has 1 fully saturated rings. The smallest absolute Gasteiger partial charge is 0.0724 e. The monoisotopic (exact) mass is 250 g/mol. The third-order valence-corrected chi connectivity index (χ3v) is 3.65. The molecule has 0 aromatic carbocycles. The Morgan fingerprint density at radius 2 is 2.00 bits per heavy atom. The van der Waals surface area contributed by atoms with E-state index in [1.807, 2.05) is 0 Å². The van der Waals surface area contributed by atoms with Gasteiger partial charge in [0.1, 0.15) is 0 Å². The van der Waals surface area contributed by atoms with Gasteiger partial charge in [-0.1, -0.05) is 15.9 Å². The molecule has 1 rings (SSSR count). The average molecular weight is 251 g/mol. The average Bonchev–Trinajstić information content (AvgIpc) is 2.01. The molecule has 78 valence electrons. The Kier molecular flexibility index (Phi) is 4.70. The lowest BCUT2D eigenvalue weighted by molar-refractivity contribution is -0.0649. The van der Waals surface area contributed by atoms with Gasteiger partial charge >= 0.3 is 0 Å². The van der Waals surface area contributed by atoms with Gasteiger partial charge in [0.25, 0.3) is 0 Å². The van der Waals surface area contributed by atoms with Crippen LogP contribution in [0.5, 0.6) is 0 Å². The first-order valence-electron chi connectivity index (χ1n) is 4.95. The Labute approximate surface area is 89.1 Å². The van der Waals surface area contributed by atoms with E-state index in [9.17, 15) is 0 Å². The first-order chi connectivity index (χ1) is 6.14. The second-order valence-electron chi connectivity index (χ2n) is 4.17. The van der Waals surface area contributed by atoms with Crippen molar-refractivity contribution in [2.24, 2.45) is 0 Å². The van der Waals surface area contributed by atoms with Gasteiger partial charge in [0.15, 0.2) is 0 Å². The zero-order valence-electron chi connectivity index (χ0n) is 8.51. The van der Waals surface area contributed by atoms with Crippen molar-refractivity contribution < 1.29 is 9.47 Å². The van der Waals surface area contributed by atoms with E-state index in [0.717, 1.165) is 11.9 Å². The molecule has 0 aromatic heterocycles. The van der Waals surface area contributed by atoms with Gasteiger partial charge in [0, 0.05) is 5.33 Å². The van der Waals surface area contributed by atoms with Crippen LogP contribution in [0.4, 0.5) is 0 Å². The van der Waals surface area contributed by atoms with Crippen LogP contribution in [0.15, 0.2) is 0 Å². The van der Waals surface area contributed by atoms with Crippen LogP contribution in [0.2, 0.25) is 0 Å². The second-order valence-corrected chi connectivity index (χ2v) is 4.73. The minimum atomic E-state index is -0.0665. The van der Waals surface area contributed by atoms with Crippen LogP contribution in [0.3, 0.4) is 0 Å². The first kappa shape index (κ1) is 11.5. The van der Waals surface area contributed by atoms with E-state index in [-0.39, 0.29) is 5.60 Å². The fourth-order valence-corrected chi connectivity index (χ4v) is 1.27. The van der Waals surface area contributed by atoms with Gasteiger partial charge < -0.3 is 9.47 Å². The Hall–Kier alpha value is 0.400. The Morgan fingerprint density at radius 3 is 2.46 bits per heavy atom. The number of halogens is 1. The molecule has 0 aromatic rings. The van der Waals surface area contributed by atoms with E-state index < -0.39 is 0 Å². The Morgan fingerprint density at radius 1 is 1.31 bits per heavy atom. The molecule has 0 radical (unpaired) electrons. The number of hydrogen-bond acceptors (Lipinski definition) is 2. The summed E-state index contributed by atoms with van der Waals surface area (Å²) in [4.78, 5) is 0. The maximum atomic E-state index is 5.63. The zero-order valence-corrected chi connectivity index (χ0v) is 10.1. The number of hydrogen-bond donors (Lipinski definition) is 0. The van der Waals surface area contributed by atoms with Crippen LogP contribution in [0.1, 0.15) is 33.1 Å². The summed E-state index contributed by atoms with van der Waals surface area (Å²) < 4.78 is 11.2. The van der Waals surface area contributed by atoms with Crippen molar-refractivity contribution in [1.29, 1.82) is 0 Å². The summed E-state index contributed by atoms with van der Waals surface area (Å²) in [6.07, 6.45) is 4.33. The van der Waals surface area contributed by atoms with Gasteiger partial charge in [-0.15, -0.1) is 0 Å². The lowest BCUT2D eigenvalue weighted by atomic mass is 9.96. The molecule has 1 aliphatic carbocycles. The van der Waals surface area contributed by atoms with E-state index in [4.69, 9.17) is 9.47 Å². The largest absolute Gasteiger partial charge is 0.376 e. The van der Waals surface area contributed by atoms with Crippen LogP contribution in [-0.4, -0.2) is 30.2 Å². The molecule has 0 spiro atoms. The van der Waals surface area contributed by atoms with Gasteiger partial charge in [-0.25, -0.2) is 0 Å². The van der Waals surface area contributed by atoms with E-state index in [1.165, 1.54) is 19.3 Å². The highest BCUT2D eigenvalue weighted by molar-refractivity contribution is 9.09. The number of ether oxygens (including phenoxy) is 2. The molecule has 2 nitrogen and oxygen atoms in total. The predicted molar refractivity (Wildman–Crippen MR) is 57.4 cm³/mol. The highest BCUT2D eigenvalue weighted by atomic mass is 79.9. The summed E-state index contributed by atoms with van der Waals surface area (Å²) in [6.45, 7) is 5.59. The second kappa shape index (κ2) is 5.32. The molecule has 0 saturated heterocycles. The summed E-state index contributed by atoms with van der Waals surface area (Å²) in [5.74, 6) is 0. The standard InChI is InChI=1S/C10H19BrO2/c1-10(2,8-11)13-7-6-12-9-4-3-5-9/h9H,3-8H2,1-2H3. The third-order valence-electron chi connectivity index (χ3n) is 2.30. The fourth-order valence-electron chi connectivity index (χ4n) is 1.11. The minimum absolute atomic E-state index is 0.0665. The molecule has 0 unspecified atom stereocenters. The van der Waals surface area contributed by atoms with Gasteiger partial charge in [-0.3, -0.25) is 0 Å². The molecular weight excluding hydrogens is 232 g/mol. The van der Waals surface area contributed by atoms with Gasteiger partial charge in [-0.05, 0) is 33.1 Å². The Balaban J connectivity index is 1.93. The quantitative estimate of drug-likeness (QED) is 0.533. The molecule has 3 heteroatoms. The SMILES string of the molecule is CC(C)(CBr)OCCOC1CCC1. The molecule has 0 N–H and O–H groups in total. The summed E-state index contributed by atoms with van der Waals surface area (Å²) in [6, 6.07) is 0. The lowest BCUT2D eigenvalue weighted by Gasteiger charge is -2.27. The van der Waals surface area contributed by atoms with Crippen LogP contribution in [-0.2, 0) is 9.47 Å². The molecule has 0 atom stereocenters. The molecule has 1 saturated carbocycles. The summed E-state index contributed by atoms with van der Waals surface area (Å²) >= 11 is 3.41. The third kappa shape index (κ3) is 4.43. The Bertz CT molecular complexity index is 144. The fraction of sp³-hybridized carbons (Fsp3) is 1.00. The highest BCUT2D eigenvalue weighted by Gasteiger charge is 2.19. The number of rotatable bonds is 6. The van der Waals surface area contributed by atoms with Crippen molar-refractivity contribution in [1.82, 2.24) is 0 Å². The maximum absolute atomic E-state index is 5.63. The molecule has 0 amide bonds. The van der Waals surface area contributed by atoms with Crippen molar-refractivity contribution in [3.63, 3.8) is 0 Å². The zero-order chi connectivity index (χ0) is 9.73. The van der Waals surface area contributed by atoms with Crippen LogP contribution in [0.25, 0.3) is 0 Å². The highest BCUT2D eigenvalue weighted by Crippen LogP contribution is 2.21. The van der Waals surface area contributed by atoms with Crippen LogP contribution in [0, 0.1) is 0 Å². The molecule has 13 heavy (non-hydrogen) atoms. The summed E-state index contributed by atoms with van der Waals surface area (Å²) in [5.41, 5.74) is -0.0665. The lowest BCUT2D eigenvalue weighted by Crippen LogP contribution is -2.30. The topological polar surface area (TPSA) is 18.5 Å². The van der Waals surface area contributed by atoms with E-state index in [2.05, 4.69) is 29.8 Å². The molecule has 1 aliphatic rings. The van der Waals surface area contributed by atoms with Crippen molar-refractivity contribution in [2.75, 3.05) is 18.5 Å². The van der Waals surface area contributed by atoms with Crippen molar-refractivity contribution >= 4 is 15.9 Å². The molecule has 0 bridgehead atoms. The summed E-state index contributed by atoms with van der Waals surface area (Å²) in [5, 5.41) is 0.865. The van der Waals surface area contributed by atoms with E-state index in [1.54, 1.807) is 0 Å².